The summed E-state index contributed by atoms with van der Waals surface area (Å²) in [4.78, 5) is 74.7. The van der Waals surface area contributed by atoms with Gasteiger partial charge in [0, 0.05) is 31.9 Å². The van der Waals surface area contributed by atoms with Crippen molar-refractivity contribution >= 4 is 48.2 Å². The SMILES string of the molecule is CC(=O)N[C@H]1Cc2ccc(cc2)Cc2cccc(c2)CC(C(=O)N[C@@H](CS)C(=O)O)NC(=O)[C@H](CCC(=O)O)NC1=O. The van der Waals surface area contributed by atoms with Crippen LogP contribution in [-0.2, 0) is 48.0 Å². The molecule has 4 rings (SSSR count). The first-order valence-corrected chi connectivity index (χ1v) is 14.0. The maximum Gasteiger partial charge on any atom is 0.327 e. The molecule has 0 radical (unpaired) electrons. The molecule has 2 aliphatic rings. The lowest BCUT2D eigenvalue weighted by Crippen LogP contribution is -2.58. The zero-order chi connectivity index (χ0) is 30.8. The Morgan fingerprint density at radius 1 is 0.929 bits per heavy atom. The molecule has 13 heteroatoms. The number of benzene rings is 2. The predicted molar refractivity (Wildman–Crippen MR) is 155 cm³/mol. The number of carbonyl (C=O) groups excluding carboxylic acids is 4. The molecule has 2 heterocycles. The van der Waals surface area contributed by atoms with E-state index in [-0.39, 0.29) is 25.0 Å². The van der Waals surface area contributed by atoms with Crippen LogP contribution in [0.3, 0.4) is 0 Å². The number of thiol groups is 1. The van der Waals surface area contributed by atoms with E-state index >= 15 is 0 Å². The fourth-order valence-electron chi connectivity index (χ4n) is 4.57. The van der Waals surface area contributed by atoms with Crippen molar-refractivity contribution in [3.8, 4) is 0 Å². The van der Waals surface area contributed by atoms with Crippen molar-refractivity contribution in [1.82, 2.24) is 21.3 Å². The predicted octanol–water partition coefficient (Wildman–Crippen LogP) is 0.214. The Kier molecular flexibility index (Phi) is 11.5. The second-order valence-corrected chi connectivity index (χ2v) is 10.5. The molecule has 0 aliphatic carbocycles. The first kappa shape index (κ1) is 32.1. The summed E-state index contributed by atoms with van der Waals surface area (Å²) < 4.78 is 0. The van der Waals surface area contributed by atoms with Crippen LogP contribution < -0.4 is 21.3 Å². The summed E-state index contributed by atoms with van der Waals surface area (Å²) in [5, 5.41) is 28.7. The largest absolute Gasteiger partial charge is 0.481 e. The molecule has 224 valence electrons. The van der Waals surface area contributed by atoms with Gasteiger partial charge in [0.05, 0.1) is 0 Å². The van der Waals surface area contributed by atoms with Gasteiger partial charge in [0.15, 0.2) is 0 Å². The third kappa shape index (κ3) is 9.61. The highest BCUT2D eigenvalue weighted by molar-refractivity contribution is 7.80. The van der Waals surface area contributed by atoms with Crippen LogP contribution >= 0.6 is 12.6 Å². The molecule has 0 saturated heterocycles. The number of carboxylic acids is 2. The first-order valence-electron chi connectivity index (χ1n) is 13.3. The molecular weight excluding hydrogens is 564 g/mol. The van der Waals surface area contributed by atoms with Crippen molar-refractivity contribution in [2.45, 2.75) is 63.2 Å². The van der Waals surface area contributed by atoms with Crippen molar-refractivity contribution < 1.29 is 39.0 Å². The van der Waals surface area contributed by atoms with Crippen LogP contribution in [0, 0.1) is 0 Å². The fraction of sp³-hybridized carbons (Fsp3) is 0.379. The summed E-state index contributed by atoms with van der Waals surface area (Å²) in [7, 11) is 0. The van der Waals surface area contributed by atoms with Gasteiger partial charge in [-0.05, 0) is 35.1 Å². The molecule has 2 aromatic carbocycles. The van der Waals surface area contributed by atoms with Crippen molar-refractivity contribution in [2.24, 2.45) is 0 Å². The minimum absolute atomic E-state index is 0.0165. The van der Waals surface area contributed by atoms with Gasteiger partial charge in [0.25, 0.3) is 0 Å². The maximum absolute atomic E-state index is 13.5. The standard InChI is InChI=1S/C29H34N4O8S/c1-16(34)30-22-13-18-7-5-17(6-8-18)11-19-3-2-4-20(12-19)14-23(28(39)33-24(15-42)29(40)41)32-26(37)21(31-27(22)38)9-10-25(35)36/h2-8,12,21-24,42H,9-11,13-15H2,1H3,(H,30,34)(H,31,38)(H,32,37)(H,33,39)(H,35,36)(H,40,41)/t21-,22-,23?,24-/m0/s1. The highest BCUT2D eigenvalue weighted by atomic mass is 32.1. The molecule has 4 amide bonds. The average Bonchev–Trinajstić information content (AvgIpc) is 2.93. The van der Waals surface area contributed by atoms with Gasteiger partial charge >= 0.3 is 11.9 Å². The number of aliphatic carboxylic acids is 2. The van der Waals surface area contributed by atoms with Crippen LogP contribution in [0.4, 0.5) is 0 Å². The number of rotatable bonds is 8. The lowest BCUT2D eigenvalue weighted by atomic mass is 9.97. The molecule has 1 unspecified atom stereocenters. The molecule has 0 aromatic heterocycles. The average molecular weight is 599 g/mol. The van der Waals surface area contributed by atoms with Crippen molar-refractivity contribution in [1.29, 1.82) is 0 Å². The summed E-state index contributed by atoms with van der Waals surface area (Å²) in [5.74, 6) is -5.52. The number of carbonyl (C=O) groups is 6. The monoisotopic (exact) mass is 598 g/mol. The minimum atomic E-state index is -1.37. The zero-order valence-corrected chi connectivity index (χ0v) is 23.9. The Bertz CT molecular complexity index is 1330. The topological polar surface area (TPSA) is 191 Å². The van der Waals surface area contributed by atoms with E-state index in [1.165, 1.54) is 6.92 Å². The van der Waals surface area contributed by atoms with Crippen LogP contribution in [-0.4, -0.2) is 75.7 Å². The van der Waals surface area contributed by atoms with Gasteiger partial charge in [-0.3, -0.25) is 24.0 Å². The molecule has 12 nitrogen and oxygen atoms in total. The van der Waals surface area contributed by atoms with Gasteiger partial charge in [-0.2, -0.15) is 12.6 Å². The number of fused-ring (bicyclic) bond motifs is 10. The Morgan fingerprint density at radius 2 is 1.60 bits per heavy atom. The smallest absolute Gasteiger partial charge is 0.327 e. The number of carboxylic acid groups (broad SMARTS) is 2. The summed E-state index contributed by atoms with van der Waals surface area (Å²) in [6, 6.07) is 9.84. The molecule has 6 N–H and O–H groups in total. The van der Waals surface area contributed by atoms with Crippen LogP contribution in [0.1, 0.15) is 42.0 Å². The van der Waals surface area contributed by atoms with E-state index in [4.69, 9.17) is 0 Å². The van der Waals surface area contributed by atoms with Crippen LogP contribution in [0.2, 0.25) is 0 Å². The lowest BCUT2D eigenvalue weighted by Gasteiger charge is -2.26. The van der Waals surface area contributed by atoms with Gasteiger partial charge in [0.1, 0.15) is 24.2 Å². The second kappa shape index (κ2) is 15.0. The molecule has 4 atom stereocenters. The van der Waals surface area contributed by atoms with E-state index < -0.39 is 66.2 Å². The molecule has 2 aromatic rings. The van der Waals surface area contributed by atoms with Crippen LogP contribution in [0.15, 0.2) is 48.5 Å². The van der Waals surface area contributed by atoms with Gasteiger partial charge < -0.3 is 31.5 Å². The number of nitrogens with one attached hydrogen (secondary N) is 4. The number of hydrogen-bond acceptors (Lipinski definition) is 7. The molecule has 4 bridgehead atoms. The van der Waals surface area contributed by atoms with E-state index in [1.807, 2.05) is 42.5 Å². The molecular formula is C29H34N4O8S. The fourth-order valence-corrected chi connectivity index (χ4v) is 4.82. The van der Waals surface area contributed by atoms with Gasteiger partial charge in [-0.1, -0.05) is 48.5 Å². The van der Waals surface area contributed by atoms with E-state index in [0.29, 0.717) is 12.0 Å². The third-order valence-electron chi connectivity index (χ3n) is 6.71. The van der Waals surface area contributed by atoms with E-state index in [0.717, 1.165) is 16.7 Å². The summed E-state index contributed by atoms with van der Waals surface area (Å²) in [5.41, 5.74) is 3.35. The Labute approximate surface area is 248 Å². The summed E-state index contributed by atoms with van der Waals surface area (Å²) in [6.07, 6.45) is -0.112. The number of hydrogen-bond donors (Lipinski definition) is 7. The third-order valence-corrected chi connectivity index (χ3v) is 7.07. The van der Waals surface area contributed by atoms with Crippen molar-refractivity contribution in [2.75, 3.05) is 5.75 Å². The summed E-state index contributed by atoms with van der Waals surface area (Å²) in [6.45, 7) is 1.25. The highest BCUT2D eigenvalue weighted by Gasteiger charge is 2.31. The Balaban J connectivity index is 2.04. The zero-order valence-electron chi connectivity index (χ0n) is 23.0. The Hall–Kier alpha value is -4.39. The molecule has 0 fully saturated rings. The number of amides is 4. The molecule has 42 heavy (non-hydrogen) atoms. The minimum Gasteiger partial charge on any atom is -0.481 e. The molecule has 0 saturated carbocycles. The van der Waals surface area contributed by atoms with Crippen LogP contribution in [0.5, 0.6) is 0 Å². The maximum atomic E-state index is 13.5. The first-order chi connectivity index (χ1) is 19.9. The van der Waals surface area contributed by atoms with Crippen molar-refractivity contribution in [3.63, 3.8) is 0 Å². The summed E-state index contributed by atoms with van der Waals surface area (Å²) >= 11 is 3.98. The van der Waals surface area contributed by atoms with Gasteiger partial charge in [-0.25, -0.2) is 4.79 Å². The van der Waals surface area contributed by atoms with Gasteiger partial charge in [0.2, 0.25) is 23.6 Å². The quantitative estimate of drug-likeness (QED) is 0.210. The van der Waals surface area contributed by atoms with E-state index in [9.17, 15) is 39.0 Å². The molecule has 2 aliphatic heterocycles. The second-order valence-electron chi connectivity index (χ2n) is 10.1. The van der Waals surface area contributed by atoms with Crippen LogP contribution in [0.25, 0.3) is 0 Å². The Morgan fingerprint density at radius 3 is 2.21 bits per heavy atom. The molecule has 0 spiro atoms. The lowest BCUT2D eigenvalue weighted by molar-refractivity contribution is -0.141. The van der Waals surface area contributed by atoms with E-state index in [1.54, 1.807) is 6.07 Å². The highest BCUT2D eigenvalue weighted by Crippen LogP contribution is 2.16. The van der Waals surface area contributed by atoms with Crippen molar-refractivity contribution in [3.05, 3.63) is 70.8 Å². The normalized spacial score (nSPS) is 19.9. The van der Waals surface area contributed by atoms with Gasteiger partial charge in [-0.15, -0.1) is 0 Å². The van der Waals surface area contributed by atoms with E-state index in [2.05, 4.69) is 33.9 Å².